The SMILES string of the molecule is COCCn1cc(C(=O)N2CCC(Cc3ccc(F)cc3)CC2)c2cc(C(=O)C(=O)N(C)C)ccc21. The Labute approximate surface area is 210 Å². The van der Waals surface area contributed by atoms with Crippen molar-refractivity contribution in [3.8, 4) is 0 Å². The second kappa shape index (κ2) is 11.0. The van der Waals surface area contributed by atoms with E-state index in [1.54, 1.807) is 25.3 Å². The number of ether oxygens (including phenoxy) is 1. The van der Waals surface area contributed by atoms with E-state index in [-0.39, 0.29) is 17.3 Å². The second-order valence-corrected chi connectivity index (χ2v) is 9.56. The van der Waals surface area contributed by atoms with Crippen molar-refractivity contribution < 1.29 is 23.5 Å². The standard InChI is InChI=1S/C28H32FN3O4/c1-30(2)28(35)26(33)21-6-9-25-23(17-21)24(18-32(25)14-15-36-3)27(34)31-12-10-20(11-13-31)16-19-4-7-22(29)8-5-19/h4-9,17-18,20H,10-16H2,1-3H3. The minimum absolute atomic E-state index is 0.0834. The Morgan fingerprint density at radius 2 is 1.75 bits per heavy atom. The van der Waals surface area contributed by atoms with Crippen LogP contribution in [-0.4, -0.2) is 72.9 Å². The molecule has 4 rings (SSSR count). The molecule has 3 aromatic rings. The summed E-state index contributed by atoms with van der Waals surface area (Å²) in [6.07, 6.45) is 4.42. The summed E-state index contributed by atoms with van der Waals surface area (Å²) in [5, 5.41) is 0.655. The van der Waals surface area contributed by atoms with Crippen LogP contribution in [0.1, 0.15) is 39.1 Å². The third kappa shape index (κ3) is 5.49. The number of benzene rings is 2. The molecule has 0 N–H and O–H groups in total. The number of rotatable bonds is 8. The molecular weight excluding hydrogens is 461 g/mol. The minimum Gasteiger partial charge on any atom is -0.383 e. The van der Waals surface area contributed by atoms with Crippen molar-refractivity contribution in [3.63, 3.8) is 0 Å². The van der Waals surface area contributed by atoms with Crippen molar-refractivity contribution in [2.75, 3.05) is 40.9 Å². The summed E-state index contributed by atoms with van der Waals surface area (Å²) in [7, 11) is 4.70. The van der Waals surface area contributed by atoms with E-state index in [1.165, 1.54) is 31.1 Å². The average Bonchev–Trinajstić information content (AvgIpc) is 3.25. The van der Waals surface area contributed by atoms with Gasteiger partial charge in [0.1, 0.15) is 5.82 Å². The van der Waals surface area contributed by atoms with Crippen molar-refractivity contribution in [2.24, 2.45) is 5.92 Å². The Bertz CT molecular complexity index is 1260. The molecule has 0 radical (unpaired) electrons. The van der Waals surface area contributed by atoms with Crippen LogP contribution in [0.25, 0.3) is 10.9 Å². The maximum atomic E-state index is 13.6. The molecular formula is C28H32FN3O4. The van der Waals surface area contributed by atoms with Gasteiger partial charge in [-0.1, -0.05) is 12.1 Å². The fourth-order valence-electron chi connectivity index (χ4n) is 4.77. The van der Waals surface area contributed by atoms with Crippen LogP contribution in [0.4, 0.5) is 4.39 Å². The number of aromatic nitrogens is 1. The van der Waals surface area contributed by atoms with E-state index in [0.717, 1.165) is 30.3 Å². The summed E-state index contributed by atoms with van der Waals surface area (Å²) >= 11 is 0. The van der Waals surface area contributed by atoms with E-state index >= 15 is 0 Å². The number of piperidine rings is 1. The lowest BCUT2D eigenvalue weighted by atomic mass is 9.90. The van der Waals surface area contributed by atoms with Crippen molar-refractivity contribution in [3.05, 3.63) is 71.2 Å². The van der Waals surface area contributed by atoms with Gasteiger partial charge in [-0.15, -0.1) is 0 Å². The van der Waals surface area contributed by atoms with Crippen LogP contribution in [-0.2, 0) is 22.5 Å². The fraction of sp³-hybridized carbons (Fsp3) is 0.393. The molecule has 190 valence electrons. The number of fused-ring (bicyclic) bond motifs is 1. The quantitative estimate of drug-likeness (QED) is 0.354. The van der Waals surface area contributed by atoms with E-state index in [2.05, 4.69) is 0 Å². The molecule has 7 nitrogen and oxygen atoms in total. The highest BCUT2D eigenvalue weighted by molar-refractivity contribution is 6.43. The Hall–Kier alpha value is -3.52. The molecule has 0 aliphatic carbocycles. The lowest BCUT2D eigenvalue weighted by Crippen LogP contribution is -2.38. The topological polar surface area (TPSA) is 71.8 Å². The molecule has 1 aliphatic heterocycles. The minimum atomic E-state index is -0.607. The van der Waals surface area contributed by atoms with Gasteiger partial charge in [0.15, 0.2) is 0 Å². The summed E-state index contributed by atoms with van der Waals surface area (Å²) in [4.78, 5) is 41.6. The van der Waals surface area contributed by atoms with Gasteiger partial charge in [-0.2, -0.15) is 0 Å². The molecule has 2 heterocycles. The number of amides is 2. The molecule has 1 aromatic heterocycles. The maximum Gasteiger partial charge on any atom is 0.294 e. The van der Waals surface area contributed by atoms with Gasteiger partial charge in [0.05, 0.1) is 12.2 Å². The van der Waals surface area contributed by atoms with Gasteiger partial charge in [0, 0.05) is 63.5 Å². The van der Waals surface area contributed by atoms with E-state index in [4.69, 9.17) is 4.74 Å². The first-order valence-electron chi connectivity index (χ1n) is 12.2. The van der Waals surface area contributed by atoms with Crippen molar-refractivity contribution in [2.45, 2.75) is 25.8 Å². The first kappa shape index (κ1) is 25.6. The maximum absolute atomic E-state index is 13.6. The third-order valence-electron chi connectivity index (χ3n) is 6.85. The van der Waals surface area contributed by atoms with Gasteiger partial charge in [-0.05, 0) is 61.1 Å². The zero-order valence-corrected chi connectivity index (χ0v) is 21.0. The van der Waals surface area contributed by atoms with Gasteiger partial charge in [0.25, 0.3) is 11.8 Å². The number of Topliss-reactive ketones (excluding diaryl/α,β-unsaturated/α-hetero) is 1. The van der Waals surface area contributed by atoms with E-state index < -0.39 is 11.7 Å². The predicted molar refractivity (Wildman–Crippen MR) is 136 cm³/mol. The zero-order chi connectivity index (χ0) is 25.8. The summed E-state index contributed by atoms with van der Waals surface area (Å²) in [5.74, 6) is -1.10. The molecule has 2 aromatic carbocycles. The molecule has 0 bridgehead atoms. The normalized spacial score (nSPS) is 14.3. The summed E-state index contributed by atoms with van der Waals surface area (Å²) in [6, 6.07) is 11.7. The van der Waals surface area contributed by atoms with E-state index in [1.807, 2.05) is 27.8 Å². The summed E-state index contributed by atoms with van der Waals surface area (Å²) < 4.78 is 20.4. The molecule has 1 fully saturated rings. The summed E-state index contributed by atoms with van der Waals surface area (Å²) in [5.41, 5.74) is 2.70. The van der Waals surface area contributed by atoms with Crippen LogP contribution in [0.5, 0.6) is 0 Å². The summed E-state index contributed by atoms with van der Waals surface area (Å²) in [6.45, 7) is 2.30. The molecule has 0 unspecified atom stereocenters. The van der Waals surface area contributed by atoms with Crippen LogP contribution < -0.4 is 0 Å². The highest BCUT2D eigenvalue weighted by Gasteiger charge is 2.27. The van der Waals surface area contributed by atoms with Crippen LogP contribution in [0.2, 0.25) is 0 Å². The first-order valence-corrected chi connectivity index (χ1v) is 12.2. The fourth-order valence-corrected chi connectivity index (χ4v) is 4.77. The Morgan fingerprint density at radius 1 is 1.06 bits per heavy atom. The molecule has 2 amide bonds. The number of likely N-dealkylation sites (tertiary alicyclic amines) is 1. The monoisotopic (exact) mass is 493 g/mol. The van der Waals surface area contributed by atoms with Crippen molar-refractivity contribution in [1.82, 2.24) is 14.4 Å². The number of hydrogen-bond donors (Lipinski definition) is 0. The molecule has 1 aliphatic rings. The Morgan fingerprint density at radius 3 is 2.39 bits per heavy atom. The number of ketones is 1. The van der Waals surface area contributed by atoms with E-state index in [9.17, 15) is 18.8 Å². The Kier molecular flexibility index (Phi) is 7.84. The van der Waals surface area contributed by atoms with Crippen molar-refractivity contribution >= 4 is 28.5 Å². The number of carbonyl (C=O) groups excluding carboxylic acids is 3. The van der Waals surface area contributed by atoms with Gasteiger partial charge in [-0.25, -0.2) is 4.39 Å². The number of carbonyl (C=O) groups is 3. The number of hydrogen-bond acceptors (Lipinski definition) is 4. The highest BCUT2D eigenvalue weighted by Crippen LogP contribution is 2.28. The van der Waals surface area contributed by atoms with Gasteiger partial charge in [0.2, 0.25) is 5.78 Å². The van der Waals surface area contributed by atoms with E-state index in [0.29, 0.717) is 43.1 Å². The van der Waals surface area contributed by atoms with Crippen LogP contribution >= 0.6 is 0 Å². The number of halogens is 1. The zero-order valence-electron chi connectivity index (χ0n) is 21.0. The van der Waals surface area contributed by atoms with Crippen molar-refractivity contribution in [1.29, 1.82) is 0 Å². The average molecular weight is 494 g/mol. The first-order chi connectivity index (χ1) is 17.3. The lowest BCUT2D eigenvalue weighted by molar-refractivity contribution is -0.124. The molecule has 1 saturated heterocycles. The van der Waals surface area contributed by atoms with Gasteiger partial charge >= 0.3 is 0 Å². The number of nitrogens with zero attached hydrogens (tertiary/aromatic N) is 3. The number of methoxy groups -OCH3 is 1. The highest BCUT2D eigenvalue weighted by atomic mass is 19.1. The smallest absolute Gasteiger partial charge is 0.294 e. The molecule has 0 spiro atoms. The molecule has 8 heteroatoms. The third-order valence-corrected chi connectivity index (χ3v) is 6.85. The van der Waals surface area contributed by atoms with Crippen LogP contribution in [0, 0.1) is 11.7 Å². The van der Waals surface area contributed by atoms with Gasteiger partial charge < -0.3 is 19.1 Å². The molecule has 0 atom stereocenters. The second-order valence-electron chi connectivity index (χ2n) is 9.56. The Balaban J connectivity index is 1.55. The number of likely N-dealkylation sites (N-methyl/N-ethyl adjacent to an activating group) is 1. The lowest BCUT2D eigenvalue weighted by Gasteiger charge is -2.32. The van der Waals surface area contributed by atoms with Crippen LogP contribution in [0.3, 0.4) is 0 Å². The molecule has 0 saturated carbocycles. The molecule has 36 heavy (non-hydrogen) atoms. The largest absolute Gasteiger partial charge is 0.383 e. The van der Waals surface area contributed by atoms with Crippen LogP contribution in [0.15, 0.2) is 48.7 Å². The predicted octanol–water partition coefficient (Wildman–Crippen LogP) is 3.79. The van der Waals surface area contributed by atoms with Gasteiger partial charge in [-0.3, -0.25) is 14.4 Å².